The first-order valence-corrected chi connectivity index (χ1v) is 9.87. The third-order valence-electron chi connectivity index (χ3n) is 4.86. The Morgan fingerprint density at radius 1 is 1.29 bits per heavy atom. The van der Waals surface area contributed by atoms with Crippen molar-refractivity contribution in [1.82, 2.24) is 15.0 Å². The number of aryl methyl sites for hydroxylation is 1. The van der Waals surface area contributed by atoms with E-state index in [4.69, 9.17) is 0 Å². The van der Waals surface area contributed by atoms with Gasteiger partial charge < -0.3 is 9.88 Å². The molecule has 0 amide bonds. The summed E-state index contributed by atoms with van der Waals surface area (Å²) in [6, 6.07) is 9.50. The summed E-state index contributed by atoms with van der Waals surface area (Å²) in [4.78, 5) is 37.0. The molecule has 1 saturated heterocycles. The van der Waals surface area contributed by atoms with Crippen molar-refractivity contribution in [2.45, 2.75) is 38.2 Å². The van der Waals surface area contributed by atoms with Gasteiger partial charge in [-0.25, -0.2) is 18.7 Å². The molecule has 0 bridgehead atoms. The van der Waals surface area contributed by atoms with Crippen molar-refractivity contribution in [3.8, 4) is 0 Å². The molecule has 1 atom stereocenters. The second-order valence-corrected chi connectivity index (χ2v) is 7.66. The number of benzene rings is 1. The number of nitrogens with zero attached hydrogens (tertiary/aromatic N) is 3. The lowest BCUT2D eigenvalue weighted by atomic mass is 10.0. The third-order valence-corrected chi connectivity index (χ3v) is 5.84. The van der Waals surface area contributed by atoms with Crippen molar-refractivity contribution >= 4 is 32.6 Å². The molecule has 3 aromatic rings. The van der Waals surface area contributed by atoms with Gasteiger partial charge in [-0.1, -0.05) is 41.7 Å². The van der Waals surface area contributed by atoms with E-state index in [1.807, 2.05) is 35.2 Å². The topological polar surface area (TPSA) is 79.0 Å². The summed E-state index contributed by atoms with van der Waals surface area (Å²) in [5.41, 5.74) is 0.455. The van der Waals surface area contributed by atoms with Gasteiger partial charge in [0.2, 0.25) is 0 Å². The Morgan fingerprint density at radius 3 is 2.82 bits per heavy atom. The average Bonchev–Trinajstić information content (AvgIpc) is 3.33. The number of halogens is 2. The van der Waals surface area contributed by atoms with E-state index in [1.54, 1.807) is 0 Å². The average molecular weight is 404 g/mol. The molecule has 3 heterocycles. The first-order chi connectivity index (χ1) is 13.5. The number of hydrogen-bond acceptors (Lipinski definition) is 6. The monoisotopic (exact) mass is 404 g/mol. The molecule has 2 aromatic heterocycles. The van der Waals surface area contributed by atoms with E-state index >= 15 is 0 Å². The van der Waals surface area contributed by atoms with Crippen molar-refractivity contribution in [1.29, 1.82) is 0 Å². The van der Waals surface area contributed by atoms with Gasteiger partial charge in [0, 0.05) is 13.0 Å². The molecule has 1 aromatic carbocycles. The zero-order valence-electron chi connectivity index (χ0n) is 14.9. The summed E-state index contributed by atoms with van der Waals surface area (Å²) in [5, 5.41) is 0.481. The lowest BCUT2D eigenvalue weighted by molar-refractivity contribution is -0.120. The molecular weight excluding hydrogens is 386 g/mol. The van der Waals surface area contributed by atoms with Crippen LogP contribution in [0.5, 0.6) is 0 Å². The first kappa shape index (κ1) is 18.7. The first-order valence-electron chi connectivity index (χ1n) is 9.05. The van der Waals surface area contributed by atoms with Crippen molar-refractivity contribution < 1.29 is 13.6 Å². The largest absolute Gasteiger partial charge is 0.338 e. The number of anilines is 1. The normalized spacial score (nSPS) is 17.0. The van der Waals surface area contributed by atoms with Crippen LogP contribution in [0.2, 0.25) is 0 Å². The Labute approximate surface area is 163 Å². The van der Waals surface area contributed by atoms with E-state index in [-0.39, 0.29) is 22.2 Å². The highest BCUT2D eigenvalue weighted by atomic mass is 32.1. The second kappa shape index (κ2) is 7.75. The molecule has 0 radical (unpaired) electrons. The highest BCUT2D eigenvalue weighted by Crippen LogP contribution is 2.32. The Kier molecular flexibility index (Phi) is 5.17. The minimum Gasteiger partial charge on any atom is -0.338 e. The van der Waals surface area contributed by atoms with Crippen LogP contribution in [0.15, 0.2) is 35.1 Å². The lowest BCUT2D eigenvalue weighted by Gasteiger charge is -2.22. The summed E-state index contributed by atoms with van der Waals surface area (Å²) in [6.07, 6.45) is -0.214. The predicted octanol–water partition coefficient (Wildman–Crippen LogP) is 3.49. The number of carbonyl (C=O) groups is 1. The molecule has 28 heavy (non-hydrogen) atoms. The molecule has 9 heteroatoms. The van der Waals surface area contributed by atoms with Crippen LogP contribution < -0.4 is 10.5 Å². The second-order valence-electron chi connectivity index (χ2n) is 6.71. The number of hydrogen-bond donors (Lipinski definition) is 1. The molecular formula is C19H18F2N4O2S. The van der Waals surface area contributed by atoms with E-state index in [2.05, 4.69) is 15.0 Å². The van der Waals surface area contributed by atoms with Gasteiger partial charge in [-0.3, -0.25) is 9.59 Å². The molecule has 0 unspecified atom stereocenters. The lowest BCUT2D eigenvalue weighted by Crippen LogP contribution is -2.36. The number of aromatic amines is 1. The van der Waals surface area contributed by atoms with Gasteiger partial charge in [-0.2, -0.15) is 0 Å². The van der Waals surface area contributed by atoms with Crippen LogP contribution in [-0.2, 0) is 11.2 Å². The minimum absolute atomic E-state index is 0.0341. The fraction of sp³-hybridized carbons (Fsp3) is 0.368. The van der Waals surface area contributed by atoms with Gasteiger partial charge in [0.1, 0.15) is 0 Å². The molecule has 0 saturated carbocycles. The van der Waals surface area contributed by atoms with Gasteiger partial charge in [-0.05, 0) is 24.8 Å². The van der Waals surface area contributed by atoms with E-state index in [0.29, 0.717) is 24.5 Å². The fourth-order valence-corrected chi connectivity index (χ4v) is 4.50. The van der Waals surface area contributed by atoms with Crippen LogP contribution in [0.25, 0.3) is 10.3 Å². The summed E-state index contributed by atoms with van der Waals surface area (Å²) in [7, 11) is 0. The molecule has 1 aliphatic heterocycles. The van der Waals surface area contributed by atoms with E-state index in [0.717, 1.165) is 29.7 Å². The Balaban J connectivity index is 1.55. The van der Waals surface area contributed by atoms with Crippen molar-refractivity contribution in [3.63, 3.8) is 0 Å². The van der Waals surface area contributed by atoms with Gasteiger partial charge in [0.25, 0.3) is 12.0 Å². The van der Waals surface area contributed by atoms with E-state index < -0.39 is 17.8 Å². The Hall–Kier alpha value is -2.68. The Bertz CT molecular complexity index is 1050. The Morgan fingerprint density at radius 2 is 2.07 bits per heavy atom. The fourth-order valence-electron chi connectivity index (χ4n) is 3.47. The number of carbonyl (C=O) groups excluding carboxylic acids is 1. The number of aromatic nitrogens is 3. The summed E-state index contributed by atoms with van der Waals surface area (Å²) in [5.74, 6) is -0.541. The van der Waals surface area contributed by atoms with E-state index in [1.165, 1.54) is 0 Å². The number of alkyl halides is 2. The smallest absolute Gasteiger partial charge is 0.295 e. The summed E-state index contributed by atoms with van der Waals surface area (Å²) in [6.45, 7) is 0.640. The molecule has 1 fully saturated rings. The standard InChI is InChI=1S/C19H18F2N4O2S/c20-15(21)16-23-17(27)14-18(24-16)28-19(22-14)25-10-4-7-12(25)13(26)9-8-11-5-2-1-3-6-11/h1-3,5-6,12,15H,4,7-10H2,(H,23,24,27)/t12-/m1/s1. The van der Waals surface area contributed by atoms with Gasteiger partial charge in [-0.15, -0.1) is 0 Å². The minimum atomic E-state index is -2.86. The highest BCUT2D eigenvalue weighted by Gasteiger charge is 2.32. The van der Waals surface area contributed by atoms with Gasteiger partial charge in [0.05, 0.1) is 6.04 Å². The zero-order valence-corrected chi connectivity index (χ0v) is 15.7. The molecule has 1 aliphatic rings. The maximum Gasteiger partial charge on any atom is 0.295 e. The maximum atomic E-state index is 12.9. The van der Waals surface area contributed by atoms with Crippen molar-refractivity contribution in [3.05, 3.63) is 52.1 Å². The SMILES string of the molecule is O=C(CCc1ccccc1)[C@H]1CCCN1c1nc2c(=O)[nH]c(C(F)F)nc2s1. The molecule has 0 spiro atoms. The number of rotatable bonds is 6. The van der Waals surface area contributed by atoms with Crippen LogP contribution in [0.3, 0.4) is 0 Å². The van der Waals surface area contributed by atoms with Crippen LogP contribution in [0, 0.1) is 0 Å². The van der Waals surface area contributed by atoms with Crippen LogP contribution in [0.4, 0.5) is 13.9 Å². The third kappa shape index (κ3) is 3.66. The van der Waals surface area contributed by atoms with Crippen LogP contribution in [-0.4, -0.2) is 33.3 Å². The summed E-state index contributed by atoms with van der Waals surface area (Å²) >= 11 is 1.07. The number of nitrogens with one attached hydrogen (secondary N) is 1. The van der Waals surface area contributed by atoms with Crippen LogP contribution >= 0.6 is 11.3 Å². The number of thiazole rings is 1. The number of ketones is 1. The zero-order chi connectivity index (χ0) is 19.7. The van der Waals surface area contributed by atoms with Crippen molar-refractivity contribution in [2.75, 3.05) is 11.4 Å². The molecule has 146 valence electrons. The molecule has 6 nitrogen and oxygen atoms in total. The maximum absolute atomic E-state index is 12.9. The quantitative estimate of drug-likeness (QED) is 0.680. The van der Waals surface area contributed by atoms with E-state index in [9.17, 15) is 18.4 Å². The molecule has 4 rings (SSSR count). The summed E-state index contributed by atoms with van der Waals surface area (Å²) < 4.78 is 25.7. The predicted molar refractivity (Wildman–Crippen MR) is 103 cm³/mol. The van der Waals surface area contributed by atoms with Crippen LogP contribution in [0.1, 0.15) is 37.1 Å². The molecule has 0 aliphatic carbocycles. The number of H-pyrrole nitrogens is 1. The number of Topliss-reactive ketones (excluding diaryl/α,β-unsaturated/α-hetero) is 1. The van der Waals surface area contributed by atoms with Gasteiger partial charge >= 0.3 is 0 Å². The number of fused-ring (bicyclic) bond motifs is 1. The van der Waals surface area contributed by atoms with Gasteiger partial charge in [0.15, 0.2) is 27.1 Å². The van der Waals surface area contributed by atoms with Crippen molar-refractivity contribution in [2.24, 2.45) is 0 Å². The molecule has 1 N–H and O–H groups in total. The highest BCUT2D eigenvalue weighted by molar-refractivity contribution is 7.21.